The smallest absolute Gasteiger partial charge is 0.358 e. The molecule has 0 unspecified atom stereocenters. The number of carbonyl (C=O) groups excluding carboxylic acids is 2. The van der Waals surface area contributed by atoms with Crippen molar-refractivity contribution in [2.24, 2.45) is 0 Å². The van der Waals surface area contributed by atoms with Crippen molar-refractivity contribution in [2.75, 3.05) is 31.3 Å². The van der Waals surface area contributed by atoms with E-state index in [1.165, 1.54) is 6.92 Å². The highest BCUT2D eigenvalue weighted by Gasteiger charge is 2.22. The molecule has 0 atom stereocenters. The largest absolute Gasteiger partial charge is 0.461 e. The van der Waals surface area contributed by atoms with Crippen LogP contribution in [0.2, 0.25) is 0 Å². The number of ketones is 1. The first-order valence-corrected chi connectivity index (χ1v) is 8.82. The second-order valence-electron chi connectivity index (χ2n) is 4.07. The Bertz CT molecular complexity index is 624. The van der Waals surface area contributed by atoms with Crippen LogP contribution in [0.4, 0.5) is 5.13 Å². The van der Waals surface area contributed by atoms with E-state index in [9.17, 15) is 18.0 Å². The van der Waals surface area contributed by atoms with Crippen molar-refractivity contribution in [3.63, 3.8) is 0 Å². The first-order chi connectivity index (χ1) is 9.74. The lowest BCUT2D eigenvalue weighted by atomic mass is 10.3. The van der Waals surface area contributed by atoms with Gasteiger partial charge in [0.05, 0.1) is 12.9 Å². The van der Waals surface area contributed by atoms with Gasteiger partial charge in [-0.15, -0.1) is 0 Å². The van der Waals surface area contributed by atoms with Crippen molar-refractivity contribution in [3.8, 4) is 0 Å². The van der Waals surface area contributed by atoms with Gasteiger partial charge in [0.15, 0.2) is 16.6 Å². The third-order valence-electron chi connectivity index (χ3n) is 2.18. The number of hydrogen-bond donors (Lipinski definition) is 2. The van der Waals surface area contributed by atoms with E-state index in [-0.39, 0.29) is 36.1 Å². The minimum Gasteiger partial charge on any atom is -0.461 e. The molecule has 0 amide bonds. The number of aromatic nitrogens is 1. The number of ether oxygens (including phenoxy) is 1. The predicted octanol–water partition coefficient (Wildman–Crippen LogP) is 0.483. The van der Waals surface area contributed by atoms with Crippen molar-refractivity contribution in [2.45, 2.75) is 13.8 Å². The number of nitrogens with one attached hydrogen (secondary N) is 2. The summed E-state index contributed by atoms with van der Waals surface area (Å²) in [5.41, 5.74) is -0.0204. The number of rotatable bonds is 8. The SMILES string of the molecule is CCOC(=O)c1nc(NCCNS(C)(=O)=O)sc1C(C)=O. The van der Waals surface area contributed by atoms with Crippen LogP contribution in [0.25, 0.3) is 0 Å². The molecule has 1 heterocycles. The number of sulfonamides is 1. The summed E-state index contributed by atoms with van der Waals surface area (Å²) in [7, 11) is -3.25. The van der Waals surface area contributed by atoms with Gasteiger partial charge in [-0.3, -0.25) is 4.79 Å². The van der Waals surface area contributed by atoms with Crippen molar-refractivity contribution < 1.29 is 22.7 Å². The Morgan fingerprint density at radius 1 is 1.33 bits per heavy atom. The number of thiazole rings is 1. The van der Waals surface area contributed by atoms with Gasteiger partial charge in [0.25, 0.3) is 0 Å². The molecule has 0 aromatic carbocycles. The highest BCUT2D eigenvalue weighted by atomic mass is 32.2. The summed E-state index contributed by atoms with van der Waals surface area (Å²) in [5.74, 6) is -0.931. The van der Waals surface area contributed by atoms with Crippen LogP contribution < -0.4 is 10.0 Å². The van der Waals surface area contributed by atoms with Crippen molar-refractivity contribution in [3.05, 3.63) is 10.6 Å². The van der Waals surface area contributed by atoms with Gasteiger partial charge in [-0.2, -0.15) is 0 Å². The van der Waals surface area contributed by atoms with E-state index in [0.717, 1.165) is 17.6 Å². The Morgan fingerprint density at radius 3 is 2.52 bits per heavy atom. The molecule has 1 aromatic rings. The average molecular weight is 335 g/mol. The van der Waals surface area contributed by atoms with E-state index >= 15 is 0 Å². The fourth-order valence-corrected chi connectivity index (χ4v) is 2.72. The maximum Gasteiger partial charge on any atom is 0.358 e. The van der Waals surface area contributed by atoms with Gasteiger partial charge >= 0.3 is 5.97 Å². The molecular formula is C11H17N3O5S2. The Hall–Kier alpha value is -1.52. The van der Waals surface area contributed by atoms with E-state index < -0.39 is 16.0 Å². The van der Waals surface area contributed by atoms with Crippen LogP contribution >= 0.6 is 11.3 Å². The van der Waals surface area contributed by atoms with Gasteiger partial charge in [0.2, 0.25) is 10.0 Å². The van der Waals surface area contributed by atoms with Crippen LogP contribution in [0.5, 0.6) is 0 Å². The summed E-state index contributed by atoms with van der Waals surface area (Å²) in [5, 5.41) is 3.21. The number of carbonyl (C=O) groups is 2. The molecule has 0 radical (unpaired) electrons. The van der Waals surface area contributed by atoms with E-state index in [2.05, 4.69) is 15.0 Å². The number of anilines is 1. The minimum absolute atomic E-state index is 0.0204. The fourth-order valence-electron chi connectivity index (χ4n) is 1.38. The quantitative estimate of drug-likeness (QED) is 0.403. The fraction of sp³-hybridized carbons (Fsp3) is 0.545. The van der Waals surface area contributed by atoms with Gasteiger partial charge in [-0.05, 0) is 6.92 Å². The number of hydrogen-bond acceptors (Lipinski definition) is 8. The van der Waals surface area contributed by atoms with Crippen LogP contribution in [0.15, 0.2) is 0 Å². The summed E-state index contributed by atoms with van der Waals surface area (Å²) >= 11 is 1.03. The van der Waals surface area contributed by atoms with Gasteiger partial charge in [0, 0.05) is 20.0 Å². The molecule has 0 aliphatic heterocycles. The van der Waals surface area contributed by atoms with Gasteiger partial charge < -0.3 is 10.1 Å². The number of Topliss-reactive ketones (excluding diaryl/α,β-unsaturated/α-hetero) is 1. The first kappa shape index (κ1) is 17.5. The summed E-state index contributed by atoms with van der Waals surface area (Å²) in [4.78, 5) is 27.4. The molecule has 2 N–H and O–H groups in total. The molecule has 0 saturated heterocycles. The topological polar surface area (TPSA) is 114 Å². The predicted molar refractivity (Wildman–Crippen MR) is 79.4 cm³/mol. The van der Waals surface area contributed by atoms with Crippen LogP contribution in [0, 0.1) is 0 Å². The zero-order valence-electron chi connectivity index (χ0n) is 11.9. The third kappa shape index (κ3) is 5.78. The molecule has 0 fully saturated rings. The monoisotopic (exact) mass is 335 g/mol. The Labute approximate surface area is 127 Å². The molecule has 0 aliphatic carbocycles. The zero-order chi connectivity index (χ0) is 16.0. The summed E-state index contributed by atoms with van der Waals surface area (Å²) in [6.07, 6.45) is 1.06. The summed E-state index contributed by atoms with van der Waals surface area (Å²) < 4.78 is 28.9. The van der Waals surface area contributed by atoms with Crippen molar-refractivity contribution in [1.82, 2.24) is 9.71 Å². The standard InChI is InChI=1S/C11H17N3O5S2/c1-4-19-10(16)8-9(7(2)15)20-11(14-8)12-5-6-13-21(3,17)18/h13H,4-6H2,1-3H3,(H,12,14). The molecule has 21 heavy (non-hydrogen) atoms. The highest BCUT2D eigenvalue weighted by Crippen LogP contribution is 2.24. The van der Waals surface area contributed by atoms with E-state index in [0.29, 0.717) is 5.13 Å². The summed E-state index contributed by atoms with van der Waals surface area (Å²) in [6, 6.07) is 0. The highest BCUT2D eigenvalue weighted by molar-refractivity contribution is 7.88. The van der Waals surface area contributed by atoms with E-state index in [1.54, 1.807) is 6.92 Å². The molecule has 0 spiro atoms. The molecule has 118 valence electrons. The normalized spacial score (nSPS) is 11.2. The van der Waals surface area contributed by atoms with E-state index in [4.69, 9.17) is 4.74 Å². The molecule has 0 bridgehead atoms. The van der Waals surface area contributed by atoms with Crippen molar-refractivity contribution >= 4 is 38.2 Å². The Kier molecular flexibility index (Phi) is 6.24. The van der Waals surface area contributed by atoms with Gasteiger partial charge in [-0.25, -0.2) is 22.9 Å². The number of esters is 1. The van der Waals surface area contributed by atoms with Crippen LogP contribution in [0.3, 0.4) is 0 Å². The molecule has 10 heteroatoms. The second-order valence-corrected chi connectivity index (χ2v) is 6.90. The number of nitrogens with zero attached hydrogens (tertiary/aromatic N) is 1. The zero-order valence-corrected chi connectivity index (χ0v) is 13.6. The maximum absolute atomic E-state index is 11.7. The molecule has 0 aliphatic rings. The maximum atomic E-state index is 11.7. The van der Waals surface area contributed by atoms with E-state index in [1.807, 2.05) is 0 Å². The lowest BCUT2D eigenvalue weighted by Crippen LogP contribution is -2.27. The Balaban J connectivity index is 2.74. The summed E-state index contributed by atoms with van der Waals surface area (Å²) in [6.45, 7) is 3.64. The minimum atomic E-state index is -3.25. The lowest BCUT2D eigenvalue weighted by molar-refractivity contribution is 0.0517. The molecule has 1 rings (SSSR count). The van der Waals surface area contributed by atoms with Gasteiger partial charge in [-0.1, -0.05) is 11.3 Å². The van der Waals surface area contributed by atoms with Crippen molar-refractivity contribution in [1.29, 1.82) is 0 Å². The Morgan fingerprint density at radius 2 is 2.00 bits per heavy atom. The second kappa shape index (κ2) is 7.48. The van der Waals surface area contributed by atoms with Crippen LogP contribution in [0.1, 0.15) is 34.0 Å². The molecule has 1 aromatic heterocycles. The first-order valence-electron chi connectivity index (χ1n) is 6.12. The van der Waals surface area contributed by atoms with Crippen LogP contribution in [-0.4, -0.2) is 51.1 Å². The molecular weight excluding hydrogens is 318 g/mol. The lowest BCUT2D eigenvalue weighted by Gasteiger charge is -2.02. The third-order valence-corrected chi connectivity index (χ3v) is 4.02. The molecule has 8 nitrogen and oxygen atoms in total. The molecule has 0 saturated carbocycles. The van der Waals surface area contributed by atoms with Gasteiger partial charge in [0.1, 0.15) is 4.88 Å². The average Bonchev–Trinajstić information content (AvgIpc) is 2.78. The van der Waals surface area contributed by atoms with Crippen LogP contribution in [-0.2, 0) is 14.8 Å².